The summed E-state index contributed by atoms with van der Waals surface area (Å²) in [5.74, 6) is 0.561. The van der Waals surface area contributed by atoms with Gasteiger partial charge in [0, 0.05) is 86.2 Å². The molecule has 3 saturated heterocycles. The summed E-state index contributed by atoms with van der Waals surface area (Å²) in [7, 11) is 0. The molecule has 4 heterocycles. The molecule has 0 radical (unpaired) electrons. The van der Waals surface area contributed by atoms with Gasteiger partial charge in [0.1, 0.15) is 0 Å². The average Bonchev–Trinajstić information content (AvgIpc) is 3.41. The maximum absolute atomic E-state index is 13.9. The number of nitrogens with zero attached hydrogens (tertiary/aromatic N) is 4. The van der Waals surface area contributed by atoms with E-state index < -0.39 is 0 Å². The van der Waals surface area contributed by atoms with Crippen LogP contribution in [0.15, 0.2) is 54.6 Å². The molecule has 0 atom stereocenters. The molecule has 3 amide bonds. The van der Waals surface area contributed by atoms with E-state index in [4.69, 9.17) is 0 Å². The summed E-state index contributed by atoms with van der Waals surface area (Å²) in [6.07, 6.45) is 3.53. The number of rotatable bonds is 4. The first-order chi connectivity index (χ1) is 19.5. The number of fused-ring (bicyclic) bond motifs is 1. The van der Waals surface area contributed by atoms with Gasteiger partial charge in [0.2, 0.25) is 11.8 Å². The molecule has 2 aromatic carbocycles. The Morgan fingerprint density at radius 1 is 0.700 bits per heavy atom. The van der Waals surface area contributed by atoms with E-state index in [1.165, 1.54) is 0 Å². The number of likely N-dealkylation sites (tertiary alicyclic amines) is 2. The van der Waals surface area contributed by atoms with Crippen molar-refractivity contribution in [2.24, 2.45) is 5.92 Å². The van der Waals surface area contributed by atoms with Crippen LogP contribution in [0.3, 0.4) is 0 Å². The minimum Gasteiger partial charge on any atom is -0.343 e. The monoisotopic (exact) mass is 558 g/mol. The van der Waals surface area contributed by atoms with Gasteiger partial charge in [-0.3, -0.25) is 19.3 Å². The molecule has 210 valence electrons. The normalized spacial score (nSPS) is 19.8. The summed E-state index contributed by atoms with van der Waals surface area (Å²) in [6, 6.07) is 18.9. The number of piperazine rings is 1. The number of hydrogen-bond acceptors (Lipinski definition) is 5. The lowest BCUT2D eigenvalue weighted by Gasteiger charge is -2.43. The van der Waals surface area contributed by atoms with E-state index in [9.17, 15) is 14.4 Å². The van der Waals surface area contributed by atoms with Crippen LogP contribution in [0, 0.1) is 5.92 Å². The fourth-order valence-corrected chi connectivity index (χ4v) is 7.85. The Bertz CT molecular complexity index is 1370. The van der Waals surface area contributed by atoms with Gasteiger partial charge in [0.15, 0.2) is 0 Å². The second-order valence-electron chi connectivity index (χ2n) is 11.3. The molecule has 0 N–H and O–H groups in total. The summed E-state index contributed by atoms with van der Waals surface area (Å²) in [6.45, 7) is 7.80. The van der Waals surface area contributed by atoms with Crippen molar-refractivity contribution in [3.63, 3.8) is 0 Å². The fourth-order valence-electron chi connectivity index (χ4n) is 6.65. The van der Waals surface area contributed by atoms with Crippen molar-refractivity contribution >= 4 is 39.1 Å². The molecule has 0 spiro atoms. The largest absolute Gasteiger partial charge is 0.343 e. The third kappa shape index (κ3) is 5.39. The van der Waals surface area contributed by atoms with Crippen molar-refractivity contribution in [2.45, 2.75) is 38.6 Å². The third-order valence-electron chi connectivity index (χ3n) is 9.03. The molecule has 3 aliphatic heterocycles. The van der Waals surface area contributed by atoms with Crippen molar-refractivity contribution in [3.05, 3.63) is 60.2 Å². The van der Waals surface area contributed by atoms with Gasteiger partial charge >= 0.3 is 0 Å². The van der Waals surface area contributed by atoms with Crippen LogP contribution in [0.25, 0.3) is 20.5 Å². The number of hydrogen-bond donors (Lipinski definition) is 0. The molecular formula is C32H38N4O3S. The van der Waals surface area contributed by atoms with Gasteiger partial charge in [-0.25, -0.2) is 0 Å². The Hall–Kier alpha value is -3.23. The van der Waals surface area contributed by atoms with Crippen LogP contribution >= 0.6 is 11.3 Å². The highest BCUT2D eigenvalue weighted by Gasteiger charge is 2.34. The maximum atomic E-state index is 13.9. The second kappa shape index (κ2) is 11.7. The Balaban J connectivity index is 1.05. The standard InChI is InChI=1S/C32H38N4O3S/c1-23(37)33-15-11-25(12-16-33)31(38)35-17-13-26(14-18-35)34-19-21-36(22-20-34)32(39)29-27-9-5-6-10-28(27)40-30(29)24-7-3-2-4-8-24/h2-10,25-26H,11-22H2,1H3. The molecule has 0 unspecified atom stereocenters. The molecule has 0 aliphatic carbocycles. The summed E-state index contributed by atoms with van der Waals surface area (Å²) in [5, 5.41) is 1.04. The van der Waals surface area contributed by atoms with E-state index in [0.29, 0.717) is 19.1 Å². The highest BCUT2D eigenvalue weighted by atomic mass is 32.1. The van der Waals surface area contributed by atoms with E-state index in [1.54, 1.807) is 18.3 Å². The Labute approximate surface area is 240 Å². The number of amides is 3. The topological polar surface area (TPSA) is 64.2 Å². The highest BCUT2D eigenvalue weighted by Crippen LogP contribution is 2.39. The number of thiophene rings is 1. The van der Waals surface area contributed by atoms with Crippen LogP contribution in [-0.2, 0) is 9.59 Å². The zero-order valence-corrected chi connectivity index (χ0v) is 24.1. The van der Waals surface area contributed by atoms with Gasteiger partial charge < -0.3 is 14.7 Å². The SMILES string of the molecule is CC(=O)N1CCC(C(=O)N2CCC(N3CCN(C(=O)c4c(-c5ccccc5)sc5ccccc45)CC3)CC2)CC1. The Kier molecular flexibility index (Phi) is 7.89. The van der Waals surface area contributed by atoms with Crippen LogP contribution in [0.1, 0.15) is 43.0 Å². The fraction of sp³-hybridized carbons (Fsp3) is 0.469. The van der Waals surface area contributed by atoms with Crippen LogP contribution in [-0.4, -0.2) is 95.7 Å². The zero-order valence-electron chi connectivity index (χ0n) is 23.3. The van der Waals surface area contributed by atoms with Gasteiger partial charge in [0.05, 0.1) is 5.56 Å². The number of carbonyl (C=O) groups is 3. The van der Waals surface area contributed by atoms with E-state index in [-0.39, 0.29) is 23.6 Å². The number of benzene rings is 2. The predicted octanol–water partition coefficient (Wildman–Crippen LogP) is 4.58. The molecule has 3 aliphatic rings. The highest BCUT2D eigenvalue weighted by molar-refractivity contribution is 7.22. The quantitative estimate of drug-likeness (QED) is 0.471. The number of carbonyl (C=O) groups excluding carboxylic acids is 3. The van der Waals surface area contributed by atoms with Gasteiger partial charge in [-0.1, -0.05) is 48.5 Å². The van der Waals surface area contributed by atoms with Crippen LogP contribution in [0.4, 0.5) is 0 Å². The molecule has 1 aromatic heterocycles. The lowest BCUT2D eigenvalue weighted by Crippen LogP contribution is -2.55. The molecule has 7 nitrogen and oxygen atoms in total. The summed E-state index contributed by atoms with van der Waals surface area (Å²) >= 11 is 1.70. The lowest BCUT2D eigenvalue weighted by molar-refractivity contribution is -0.141. The predicted molar refractivity (Wildman–Crippen MR) is 159 cm³/mol. The summed E-state index contributed by atoms with van der Waals surface area (Å²) < 4.78 is 1.15. The molecule has 0 saturated carbocycles. The molecule has 0 bridgehead atoms. The summed E-state index contributed by atoms with van der Waals surface area (Å²) in [4.78, 5) is 48.2. The van der Waals surface area contributed by atoms with E-state index in [1.807, 2.05) is 40.1 Å². The molecule has 3 fully saturated rings. The average molecular weight is 559 g/mol. The van der Waals surface area contributed by atoms with Crippen molar-refractivity contribution in [1.82, 2.24) is 19.6 Å². The van der Waals surface area contributed by atoms with E-state index in [0.717, 1.165) is 91.0 Å². The molecular weight excluding hydrogens is 520 g/mol. The minimum absolute atomic E-state index is 0.0515. The second-order valence-corrected chi connectivity index (χ2v) is 12.4. The third-order valence-corrected chi connectivity index (χ3v) is 10.2. The van der Waals surface area contributed by atoms with Crippen molar-refractivity contribution in [3.8, 4) is 10.4 Å². The first-order valence-electron chi connectivity index (χ1n) is 14.6. The minimum atomic E-state index is 0.0515. The Morgan fingerprint density at radius 3 is 2.00 bits per heavy atom. The van der Waals surface area contributed by atoms with Gasteiger partial charge in [-0.15, -0.1) is 11.3 Å². The molecule has 40 heavy (non-hydrogen) atoms. The van der Waals surface area contributed by atoms with Crippen molar-refractivity contribution in [1.29, 1.82) is 0 Å². The molecule has 8 heteroatoms. The van der Waals surface area contributed by atoms with Gasteiger partial charge in [-0.05, 0) is 37.3 Å². The first-order valence-corrected chi connectivity index (χ1v) is 15.5. The van der Waals surface area contributed by atoms with Crippen molar-refractivity contribution in [2.75, 3.05) is 52.4 Å². The van der Waals surface area contributed by atoms with Crippen LogP contribution in [0.2, 0.25) is 0 Å². The molecule has 6 rings (SSSR count). The zero-order chi connectivity index (χ0) is 27.6. The van der Waals surface area contributed by atoms with Crippen molar-refractivity contribution < 1.29 is 14.4 Å². The summed E-state index contributed by atoms with van der Waals surface area (Å²) in [5.41, 5.74) is 1.93. The maximum Gasteiger partial charge on any atom is 0.256 e. The van der Waals surface area contributed by atoms with E-state index in [2.05, 4.69) is 34.1 Å². The number of piperidine rings is 2. The smallest absolute Gasteiger partial charge is 0.256 e. The van der Waals surface area contributed by atoms with Gasteiger partial charge in [0.25, 0.3) is 5.91 Å². The Morgan fingerprint density at radius 2 is 1.32 bits per heavy atom. The molecule has 3 aromatic rings. The lowest BCUT2D eigenvalue weighted by atomic mass is 9.93. The van der Waals surface area contributed by atoms with Gasteiger partial charge in [-0.2, -0.15) is 0 Å². The van der Waals surface area contributed by atoms with E-state index >= 15 is 0 Å². The van der Waals surface area contributed by atoms with Crippen LogP contribution in [0.5, 0.6) is 0 Å². The van der Waals surface area contributed by atoms with Crippen LogP contribution < -0.4 is 0 Å². The first kappa shape index (κ1) is 27.0.